The van der Waals surface area contributed by atoms with Crippen LogP contribution in [-0.4, -0.2) is 32.5 Å². The van der Waals surface area contributed by atoms with Crippen LogP contribution in [0.15, 0.2) is 54.9 Å². The molecule has 0 aliphatic carbocycles. The topological polar surface area (TPSA) is 98.1 Å². The summed E-state index contributed by atoms with van der Waals surface area (Å²) in [6.45, 7) is 12.3. The largest absolute Gasteiger partial charge is 0.478 e. The number of nitrogens with zero attached hydrogens (tertiary/aromatic N) is 3. The maximum absolute atomic E-state index is 11.2. The third-order valence-electron chi connectivity index (χ3n) is 6.35. The second-order valence-corrected chi connectivity index (χ2v) is 9.37. The highest BCUT2D eigenvalue weighted by Crippen LogP contribution is 2.18. The highest BCUT2D eigenvalue weighted by atomic mass is 16.4. The summed E-state index contributed by atoms with van der Waals surface area (Å²) < 4.78 is 3.96. The molecule has 2 aromatic heterocycles. The number of carboxylic acid groups (broad SMARTS) is 1. The van der Waals surface area contributed by atoms with Gasteiger partial charge < -0.3 is 20.7 Å². The first-order chi connectivity index (χ1) is 17.1. The lowest BCUT2D eigenvalue weighted by Crippen LogP contribution is -2.08. The van der Waals surface area contributed by atoms with Gasteiger partial charge in [0.05, 0.1) is 18.3 Å². The second kappa shape index (κ2) is 11.7. The number of anilines is 1. The summed E-state index contributed by atoms with van der Waals surface area (Å²) in [5.41, 5.74) is 16.0. The number of aromatic carboxylic acids is 1. The summed E-state index contributed by atoms with van der Waals surface area (Å²) in [5, 5.41) is 16.7. The van der Waals surface area contributed by atoms with Gasteiger partial charge in [-0.2, -0.15) is 5.10 Å². The van der Waals surface area contributed by atoms with E-state index in [1.54, 1.807) is 6.07 Å². The molecule has 4 aromatic rings. The minimum absolute atomic E-state index is 0.373. The van der Waals surface area contributed by atoms with Crippen molar-refractivity contribution in [1.82, 2.24) is 19.7 Å². The molecule has 190 valence electrons. The first-order valence-corrected chi connectivity index (χ1v) is 12.1. The van der Waals surface area contributed by atoms with Crippen molar-refractivity contribution in [2.75, 3.05) is 12.8 Å². The zero-order valence-electron chi connectivity index (χ0n) is 22.1. The van der Waals surface area contributed by atoms with Gasteiger partial charge in [-0.15, -0.1) is 0 Å². The standard InChI is InChI=1S/C19H21N3O2.C10H16N2/c1-13-9-20-21(10-13)11-16-4-6-17(7-5-16)12-22-14(2)8-18(15(22)3)19(23)24;1-7-4-9(11)5-8(2)10(7)6-12-3/h4-10H,11-12H2,1-3H3,(H,23,24);4-5,12H,6,11H2,1-3H3. The van der Waals surface area contributed by atoms with Crippen molar-refractivity contribution in [2.24, 2.45) is 0 Å². The Balaban J connectivity index is 0.000000253. The van der Waals surface area contributed by atoms with Crippen molar-refractivity contribution >= 4 is 11.7 Å². The molecule has 0 aliphatic heterocycles. The lowest BCUT2D eigenvalue weighted by atomic mass is 10.0. The predicted molar refractivity (Wildman–Crippen MR) is 146 cm³/mol. The molecule has 7 heteroatoms. The van der Waals surface area contributed by atoms with Crippen LogP contribution >= 0.6 is 0 Å². The zero-order valence-corrected chi connectivity index (χ0v) is 22.1. The number of aryl methyl sites for hydroxylation is 4. The van der Waals surface area contributed by atoms with Crippen molar-refractivity contribution in [3.63, 3.8) is 0 Å². The molecule has 4 N–H and O–H groups in total. The lowest BCUT2D eigenvalue weighted by Gasteiger charge is -2.10. The Morgan fingerprint density at radius 3 is 2.03 bits per heavy atom. The maximum Gasteiger partial charge on any atom is 0.337 e. The molecular weight excluding hydrogens is 450 g/mol. The van der Waals surface area contributed by atoms with Crippen molar-refractivity contribution in [3.8, 4) is 0 Å². The number of hydrogen-bond donors (Lipinski definition) is 3. The van der Waals surface area contributed by atoms with E-state index in [1.165, 1.54) is 22.3 Å². The van der Waals surface area contributed by atoms with Crippen LogP contribution in [0.2, 0.25) is 0 Å². The van der Waals surface area contributed by atoms with Gasteiger partial charge in [0, 0.05) is 36.4 Å². The van der Waals surface area contributed by atoms with E-state index < -0.39 is 5.97 Å². The van der Waals surface area contributed by atoms with Crippen LogP contribution in [0.1, 0.15) is 55.1 Å². The molecule has 0 saturated carbocycles. The molecule has 0 radical (unpaired) electrons. The molecule has 0 saturated heterocycles. The van der Waals surface area contributed by atoms with Crippen LogP contribution in [0.3, 0.4) is 0 Å². The van der Waals surface area contributed by atoms with Crippen molar-refractivity contribution in [2.45, 2.75) is 54.3 Å². The minimum atomic E-state index is -0.876. The van der Waals surface area contributed by atoms with E-state index in [1.807, 2.05) is 61.6 Å². The van der Waals surface area contributed by atoms with E-state index in [-0.39, 0.29) is 0 Å². The fourth-order valence-corrected chi connectivity index (χ4v) is 4.42. The number of nitrogen functional groups attached to an aromatic ring is 1. The Kier molecular flexibility index (Phi) is 8.72. The van der Waals surface area contributed by atoms with E-state index in [0.717, 1.165) is 41.3 Å². The van der Waals surface area contributed by atoms with Crippen molar-refractivity contribution < 1.29 is 9.90 Å². The number of carboxylic acids is 1. The molecule has 0 aliphatic rings. The maximum atomic E-state index is 11.2. The van der Waals surface area contributed by atoms with Crippen molar-refractivity contribution in [1.29, 1.82) is 0 Å². The van der Waals surface area contributed by atoms with Crippen LogP contribution in [0.4, 0.5) is 5.69 Å². The molecule has 0 spiro atoms. The number of rotatable bonds is 7. The first kappa shape index (κ1) is 26.8. The minimum Gasteiger partial charge on any atom is -0.478 e. The normalized spacial score (nSPS) is 10.7. The third kappa shape index (κ3) is 6.64. The molecule has 2 heterocycles. The van der Waals surface area contributed by atoms with Gasteiger partial charge in [-0.25, -0.2) is 4.79 Å². The van der Waals surface area contributed by atoms with Gasteiger partial charge in [0.25, 0.3) is 0 Å². The number of aromatic nitrogens is 3. The summed E-state index contributed by atoms with van der Waals surface area (Å²) in [4.78, 5) is 11.2. The summed E-state index contributed by atoms with van der Waals surface area (Å²) >= 11 is 0. The average Bonchev–Trinajstić information content (AvgIpc) is 3.35. The summed E-state index contributed by atoms with van der Waals surface area (Å²) in [7, 11) is 1.95. The van der Waals surface area contributed by atoms with Gasteiger partial charge >= 0.3 is 5.97 Å². The fourth-order valence-electron chi connectivity index (χ4n) is 4.42. The summed E-state index contributed by atoms with van der Waals surface area (Å²) in [6.07, 6.45) is 3.87. The Morgan fingerprint density at radius 2 is 1.56 bits per heavy atom. The molecule has 0 fully saturated rings. The van der Waals surface area contributed by atoms with Gasteiger partial charge in [0.1, 0.15) is 0 Å². The Hall–Kier alpha value is -3.84. The Labute approximate surface area is 213 Å². The van der Waals surface area contributed by atoms with Crippen LogP contribution < -0.4 is 11.1 Å². The highest BCUT2D eigenvalue weighted by molar-refractivity contribution is 5.89. The first-order valence-electron chi connectivity index (χ1n) is 12.1. The number of nitrogens with two attached hydrogens (primary N) is 1. The Morgan fingerprint density at radius 1 is 0.972 bits per heavy atom. The summed E-state index contributed by atoms with van der Waals surface area (Å²) in [6, 6.07) is 14.1. The van der Waals surface area contributed by atoms with E-state index in [4.69, 9.17) is 5.73 Å². The molecule has 0 atom stereocenters. The highest BCUT2D eigenvalue weighted by Gasteiger charge is 2.14. The van der Waals surface area contributed by atoms with Crippen LogP contribution in [0.25, 0.3) is 0 Å². The molecule has 0 amide bonds. The average molecular weight is 488 g/mol. The van der Waals surface area contributed by atoms with E-state index in [2.05, 4.69) is 48.5 Å². The monoisotopic (exact) mass is 487 g/mol. The van der Waals surface area contributed by atoms with Gasteiger partial charge in [-0.3, -0.25) is 4.68 Å². The summed E-state index contributed by atoms with van der Waals surface area (Å²) in [5.74, 6) is -0.876. The van der Waals surface area contributed by atoms with Gasteiger partial charge in [-0.05, 0) is 93.2 Å². The fraction of sp³-hybridized carbons (Fsp3) is 0.310. The molecule has 36 heavy (non-hydrogen) atoms. The van der Waals surface area contributed by atoms with Gasteiger partial charge in [-0.1, -0.05) is 24.3 Å². The van der Waals surface area contributed by atoms with E-state index in [9.17, 15) is 9.90 Å². The SMILES string of the molecule is CNCc1c(C)cc(N)cc1C.Cc1cnn(Cc2ccc(Cn3c(C)cc(C(=O)O)c3C)cc2)c1. The van der Waals surface area contributed by atoms with Crippen LogP contribution in [0.5, 0.6) is 0 Å². The number of hydrogen-bond acceptors (Lipinski definition) is 4. The molecular formula is C29H37N5O2. The van der Waals surface area contributed by atoms with Crippen LogP contribution in [0, 0.1) is 34.6 Å². The predicted octanol–water partition coefficient (Wildman–Crippen LogP) is 5.01. The third-order valence-corrected chi connectivity index (χ3v) is 6.35. The molecule has 7 nitrogen and oxygen atoms in total. The molecule has 2 aromatic carbocycles. The molecule has 0 bridgehead atoms. The second-order valence-electron chi connectivity index (χ2n) is 9.37. The van der Waals surface area contributed by atoms with Gasteiger partial charge in [0.15, 0.2) is 0 Å². The van der Waals surface area contributed by atoms with Crippen LogP contribution in [-0.2, 0) is 19.6 Å². The smallest absolute Gasteiger partial charge is 0.337 e. The Bertz CT molecular complexity index is 1310. The number of nitrogens with one attached hydrogen (secondary N) is 1. The lowest BCUT2D eigenvalue weighted by molar-refractivity contribution is 0.0696. The molecule has 4 rings (SSSR count). The number of benzene rings is 2. The quantitative estimate of drug-likeness (QED) is 0.318. The molecule has 0 unspecified atom stereocenters. The van der Waals surface area contributed by atoms with Crippen molar-refractivity contribution in [3.05, 3.63) is 105 Å². The number of carbonyl (C=O) groups is 1. The van der Waals surface area contributed by atoms with Gasteiger partial charge in [0.2, 0.25) is 0 Å². The van der Waals surface area contributed by atoms with E-state index in [0.29, 0.717) is 12.1 Å². The zero-order chi connectivity index (χ0) is 26.4. The van der Waals surface area contributed by atoms with E-state index >= 15 is 0 Å².